The summed E-state index contributed by atoms with van der Waals surface area (Å²) in [5, 5.41) is 0. The Bertz CT molecular complexity index is 736. The number of sulfone groups is 1. The largest absolute Gasteiger partial charge is 0.367 e. The molecule has 0 radical (unpaired) electrons. The van der Waals surface area contributed by atoms with Crippen molar-refractivity contribution >= 4 is 28.2 Å². The highest BCUT2D eigenvalue weighted by atomic mass is 35.5. The molecule has 0 bridgehead atoms. The summed E-state index contributed by atoms with van der Waals surface area (Å²) in [6.45, 7) is 0.208. The summed E-state index contributed by atoms with van der Waals surface area (Å²) >= 11 is 0. The van der Waals surface area contributed by atoms with E-state index in [2.05, 4.69) is 0 Å². The van der Waals surface area contributed by atoms with Crippen LogP contribution in [0.3, 0.4) is 0 Å². The van der Waals surface area contributed by atoms with Gasteiger partial charge in [-0.3, -0.25) is 4.79 Å². The second-order valence-electron chi connectivity index (χ2n) is 5.11. The van der Waals surface area contributed by atoms with Gasteiger partial charge in [-0.15, -0.1) is 12.4 Å². The fraction of sp³-hybridized carbons (Fsp3) is 0.235. The van der Waals surface area contributed by atoms with Crippen molar-refractivity contribution in [2.45, 2.75) is 24.0 Å². The fourth-order valence-electron chi connectivity index (χ4n) is 2.09. The molecule has 1 unspecified atom stereocenters. The van der Waals surface area contributed by atoms with Crippen LogP contribution in [-0.4, -0.2) is 26.2 Å². The number of rotatable bonds is 8. The number of ether oxygens (including phenoxy) is 1. The molecular formula is C17H20ClNO4S. The lowest BCUT2D eigenvalue weighted by Crippen LogP contribution is -2.33. The van der Waals surface area contributed by atoms with Crippen LogP contribution in [0.5, 0.6) is 0 Å². The first-order valence-electron chi connectivity index (χ1n) is 7.22. The zero-order valence-corrected chi connectivity index (χ0v) is 14.6. The Morgan fingerprint density at radius 3 is 2.08 bits per heavy atom. The van der Waals surface area contributed by atoms with E-state index in [0.717, 1.165) is 5.56 Å². The van der Waals surface area contributed by atoms with E-state index in [0.29, 0.717) is 0 Å². The minimum absolute atomic E-state index is 0. The molecular weight excluding hydrogens is 350 g/mol. The second kappa shape index (κ2) is 9.42. The molecule has 0 aromatic heterocycles. The topological polar surface area (TPSA) is 86.5 Å². The fourth-order valence-corrected chi connectivity index (χ4v) is 3.42. The molecule has 2 N–H and O–H groups in total. The van der Waals surface area contributed by atoms with Crippen LogP contribution < -0.4 is 5.73 Å². The third-order valence-electron chi connectivity index (χ3n) is 3.36. The van der Waals surface area contributed by atoms with E-state index in [4.69, 9.17) is 10.5 Å². The van der Waals surface area contributed by atoms with E-state index < -0.39 is 21.8 Å². The Morgan fingerprint density at radius 1 is 1.00 bits per heavy atom. The maximum absolute atomic E-state index is 12.2. The van der Waals surface area contributed by atoms with Crippen molar-refractivity contribution in [2.75, 3.05) is 5.75 Å². The quantitative estimate of drug-likeness (QED) is 0.773. The number of carbonyl (C=O) groups is 1. The summed E-state index contributed by atoms with van der Waals surface area (Å²) in [6.07, 6.45) is -0.909. The van der Waals surface area contributed by atoms with Crippen molar-refractivity contribution in [2.24, 2.45) is 5.73 Å². The van der Waals surface area contributed by atoms with Gasteiger partial charge in [0.15, 0.2) is 9.84 Å². The first-order chi connectivity index (χ1) is 11.0. The monoisotopic (exact) mass is 369 g/mol. The molecule has 1 atom stereocenters. The third kappa shape index (κ3) is 5.96. The predicted octanol–water partition coefficient (Wildman–Crippen LogP) is 2.34. The van der Waals surface area contributed by atoms with Crippen LogP contribution in [0.1, 0.15) is 12.0 Å². The molecule has 130 valence electrons. The number of hydrogen-bond donors (Lipinski definition) is 1. The molecule has 0 saturated heterocycles. The number of nitrogens with two attached hydrogens (primary N) is 1. The molecule has 1 amide bonds. The molecule has 0 aliphatic carbocycles. The number of amides is 1. The zero-order chi connectivity index (χ0) is 16.7. The van der Waals surface area contributed by atoms with E-state index in [9.17, 15) is 13.2 Å². The summed E-state index contributed by atoms with van der Waals surface area (Å²) in [4.78, 5) is 11.7. The minimum Gasteiger partial charge on any atom is -0.367 e. The molecule has 0 fully saturated rings. The van der Waals surface area contributed by atoms with E-state index in [-0.39, 0.29) is 36.1 Å². The average Bonchev–Trinajstić information content (AvgIpc) is 2.56. The van der Waals surface area contributed by atoms with Crippen LogP contribution in [0.4, 0.5) is 0 Å². The normalized spacial score (nSPS) is 12.2. The summed E-state index contributed by atoms with van der Waals surface area (Å²) < 4.78 is 29.9. The summed E-state index contributed by atoms with van der Waals surface area (Å²) in [5.74, 6) is -0.858. The van der Waals surface area contributed by atoms with E-state index >= 15 is 0 Å². The lowest BCUT2D eigenvalue weighted by atomic mass is 10.2. The Labute approximate surface area is 148 Å². The third-order valence-corrected chi connectivity index (χ3v) is 5.13. The van der Waals surface area contributed by atoms with Crippen LogP contribution in [0.15, 0.2) is 65.6 Å². The molecule has 5 nitrogen and oxygen atoms in total. The number of halogens is 1. The number of primary amides is 1. The van der Waals surface area contributed by atoms with E-state index in [1.165, 1.54) is 12.1 Å². The molecule has 2 aromatic carbocycles. The highest BCUT2D eigenvalue weighted by Crippen LogP contribution is 2.14. The van der Waals surface area contributed by atoms with Gasteiger partial charge in [-0.1, -0.05) is 48.5 Å². The SMILES string of the molecule is Cl.NC(=O)C(CCS(=O)(=O)c1ccccc1)OCc1ccccc1. The maximum Gasteiger partial charge on any atom is 0.246 e. The molecule has 2 rings (SSSR count). The standard InChI is InChI=1S/C17H19NO4S.ClH/c18-17(19)16(22-13-14-7-3-1-4-8-14)11-12-23(20,21)15-9-5-2-6-10-15;/h1-10,16H,11-13H2,(H2,18,19);1H. The van der Waals surface area contributed by atoms with Gasteiger partial charge in [0.05, 0.1) is 17.3 Å². The van der Waals surface area contributed by atoms with Gasteiger partial charge in [0.25, 0.3) is 0 Å². The first-order valence-corrected chi connectivity index (χ1v) is 8.87. The van der Waals surface area contributed by atoms with Crippen molar-refractivity contribution in [3.05, 3.63) is 66.2 Å². The van der Waals surface area contributed by atoms with Gasteiger partial charge in [-0.05, 0) is 24.1 Å². The summed E-state index contributed by atoms with van der Waals surface area (Å²) in [6, 6.07) is 17.4. The molecule has 0 saturated carbocycles. The van der Waals surface area contributed by atoms with Gasteiger partial charge < -0.3 is 10.5 Å². The predicted molar refractivity (Wildman–Crippen MR) is 94.6 cm³/mol. The van der Waals surface area contributed by atoms with Crippen molar-refractivity contribution in [3.63, 3.8) is 0 Å². The molecule has 0 aliphatic rings. The number of benzene rings is 2. The number of hydrogen-bond acceptors (Lipinski definition) is 4. The maximum atomic E-state index is 12.2. The van der Waals surface area contributed by atoms with Gasteiger partial charge in [0.1, 0.15) is 6.10 Å². The Kier molecular flexibility index (Phi) is 7.91. The van der Waals surface area contributed by atoms with Gasteiger partial charge in [-0.2, -0.15) is 0 Å². The summed E-state index contributed by atoms with van der Waals surface area (Å²) in [5.41, 5.74) is 6.20. The second-order valence-corrected chi connectivity index (χ2v) is 7.22. The minimum atomic E-state index is -3.46. The highest BCUT2D eigenvalue weighted by Gasteiger charge is 2.21. The lowest BCUT2D eigenvalue weighted by molar-refractivity contribution is -0.130. The van der Waals surface area contributed by atoms with Gasteiger partial charge in [0.2, 0.25) is 5.91 Å². The zero-order valence-electron chi connectivity index (χ0n) is 13.0. The molecule has 0 aliphatic heterocycles. The van der Waals surface area contributed by atoms with E-state index in [1.54, 1.807) is 18.2 Å². The molecule has 0 spiro atoms. The Morgan fingerprint density at radius 2 is 1.54 bits per heavy atom. The van der Waals surface area contributed by atoms with Crippen LogP contribution in [-0.2, 0) is 26.0 Å². The van der Waals surface area contributed by atoms with Crippen molar-refractivity contribution in [1.29, 1.82) is 0 Å². The summed E-state index contributed by atoms with van der Waals surface area (Å²) in [7, 11) is -3.46. The number of carbonyl (C=O) groups excluding carboxylic acids is 1. The van der Waals surface area contributed by atoms with Crippen molar-refractivity contribution < 1.29 is 17.9 Å². The average molecular weight is 370 g/mol. The van der Waals surface area contributed by atoms with Gasteiger partial charge in [0, 0.05) is 0 Å². The Hall–Kier alpha value is -1.89. The Balaban J connectivity index is 0.00000288. The smallest absolute Gasteiger partial charge is 0.246 e. The molecule has 0 heterocycles. The van der Waals surface area contributed by atoms with Crippen LogP contribution in [0.25, 0.3) is 0 Å². The van der Waals surface area contributed by atoms with Crippen LogP contribution in [0.2, 0.25) is 0 Å². The van der Waals surface area contributed by atoms with Crippen LogP contribution >= 0.6 is 12.4 Å². The van der Waals surface area contributed by atoms with E-state index in [1.807, 2.05) is 30.3 Å². The van der Waals surface area contributed by atoms with Crippen molar-refractivity contribution in [3.8, 4) is 0 Å². The highest BCUT2D eigenvalue weighted by molar-refractivity contribution is 7.91. The molecule has 24 heavy (non-hydrogen) atoms. The lowest BCUT2D eigenvalue weighted by Gasteiger charge is -2.15. The van der Waals surface area contributed by atoms with Gasteiger partial charge in [-0.25, -0.2) is 8.42 Å². The molecule has 7 heteroatoms. The first kappa shape index (κ1) is 20.2. The van der Waals surface area contributed by atoms with Gasteiger partial charge >= 0.3 is 0 Å². The van der Waals surface area contributed by atoms with Crippen molar-refractivity contribution in [1.82, 2.24) is 0 Å². The van der Waals surface area contributed by atoms with Crippen LogP contribution in [0, 0.1) is 0 Å². The molecule has 2 aromatic rings.